The fourth-order valence-corrected chi connectivity index (χ4v) is 2.66. The van der Waals surface area contributed by atoms with E-state index in [9.17, 15) is 9.59 Å². The van der Waals surface area contributed by atoms with E-state index >= 15 is 0 Å². The molecule has 24 heavy (non-hydrogen) atoms. The maximum atomic E-state index is 12.0. The van der Waals surface area contributed by atoms with Crippen LogP contribution < -0.4 is 10.6 Å². The van der Waals surface area contributed by atoms with Crippen LogP contribution >= 0.6 is 0 Å². The molecule has 0 spiro atoms. The topological polar surface area (TPSA) is 70.7 Å². The molecular formula is C18H27N3O3. The van der Waals surface area contributed by atoms with Gasteiger partial charge in [0.2, 0.25) is 0 Å². The molecule has 6 nitrogen and oxygen atoms in total. The first kappa shape index (κ1) is 18.3. The number of rotatable bonds is 5. The molecule has 1 heterocycles. The third-order valence-corrected chi connectivity index (χ3v) is 4.15. The molecule has 0 aromatic heterocycles. The number of hydrogen-bond acceptors (Lipinski definition) is 3. The van der Waals surface area contributed by atoms with Crippen molar-refractivity contribution in [1.82, 2.24) is 10.2 Å². The van der Waals surface area contributed by atoms with Crippen LogP contribution in [0.3, 0.4) is 0 Å². The molecule has 1 saturated heterocycles. The Balaban J connectivity index is 1.75. The van der Waals surface area contributed by atoms with Gasteiger partial charge in [-0.3, -0.25) is 4.79 Å². The summed E-state index contributed by atoms with van der Waals surface area (Å²) in [6.45, 7) is 4.66. The van der Waals surface area contributed by atoms with Crippen LogP contribution in [-0.4, -0.2) is 49.7 Å². The monoisotopic (exact) mass is 333 g/mol. The van der Waals surface area contributed by atoms with Crippen molar-refractivity contribution < 1.29 is 14.3 Å². The fourth-order valence-electron chi connectivity index (χ4n) is 2.66. The maximum Gasteiger partial charge on any atom is 0.319 e. The van der Waals surface area contributed by atoms with E-state index in [1.165, 1.54) is 10.5 Å². The van der Waals surface area contributed by atoms with E-state index in [1.54, 1.807) is 14.1 Å². The van der Waals surface area contributed by atoms with E-state index in [0.717, 1.165) is 12.1 Å². The number of carbonyl (C=O) groups is 2. The minimum absolute atomic E-state index is 0.0211. The molecule has 1 aromatic rings. The second-order valence-electron chi connectivity index (χ2n) is 6.67. The summed E-state index contributed by atoms with van der Waals surface area (Å²) in [5.74, 6) is 0.442. The molecule has 3 amide bonds. The average molecular weight is 333 g/mol. The quantitative estimate of drug-likeness (QED) is 0.870. The van der Waals surface area contributed by atoms with Crippen LogP contribution in [0.25, 0.3) is 0 Å². The summed E-state index contributed by atoms with van der Waals surface area (Å²) >= 11 is 0. The summed E-state index contributed by atoms with van der Waals surface area (Å²) in [6.07, 6.45) is 0.960. The number of nitrogens with one attached hydrogen (secondary N) is 2. The molecule has 1 aliphatic heterocycles. The highest BCUT2D eigenvalue weighted by atomic mass is 16.5. The van der Waals surface area contributed by atoms with Crippen LogP contribution in [0.4, 0.5) is 10.5 Å². The van der Waals surface area contributed by atoms with Crippen molar-refractivity contribution in [2.75, 3.05) is 26.0 Å². The number of likely N-dealkylation sites (N-methyl/N-ethyl adjacent to an activating group) is 1. The SMILES string of the molecule is CC(C)c1ccc(NC(=O)NCC2CCC(C(=O)N(C)C)O2)cc1. The molecule has 6 heteroatoms. The summed E-state index contributed by atoms with van der Waals surface area (Å²) in [5.41, 5.74) is 1.99. The molecule has 1 aromatic carbocycles. The van der Waals surface area contributed by atoms with E-state index in [2.05, 4.69) is 24.5 Å². The van der Waals surface area contributed by atoms with Gasteiger partial charge >= 0.3 is 6.03 Å². The van der Waals surface area contributed by atoms with Crippen molar-refractivity contribution >= 4 is 17.6 Å². The third kappa shape index (κ3) is 4.96. The molecule has 1 aliphatic rings. The molecule has 2 atom stereocenters. The van der Waals surface area contributed by atoms with Gasteiger partial charge in [-0.2, -0.15) is 0 Å². The Labute approximate surface area is 143 Å². The number of hydrogen-bond donors (Lipinski definition) is 2. The normalized spacial score (nSPS) is 20.0. The minimum Gasteiger partial charge on any atom is -0.363 e. The van der Waals surface area contributed by atoms with Gasteiger partial charge in [-0.15, -0.1) is 0 Å². The molecular weight excluding hydrogens is 306 g/mol. The average Bonchev–Trinajstić information content (AvgIpc) is 3.01. The lowest BCUT2D eigenvalue weighted by Crippen LogP contribution is -2.37. The van der Waals surface area contributed by atoms with Gasteiger partial charge in [-0.1, -0.05) is 26.0 Å². The highest BCUT2D eigenvalue weighted by Crippen LogP contribution is 2.20. The van der Waals surface area contributed by atoms with Crippen LogP contribution in [0.15, 0.2) is 24.3 Å². The third-order valence-electron chi connectivity index (χ3n) is 4.15. The van der Waals surface area contributed by atoms with Crippen LogP contribution in [0.1, 0.15) is 38.2 Å². The first-order chi connectivity index (χ1) is 11.4. The summed E-state index contributed by atoms with van der Waals surface area (Å²) in [4.78, 5) is 25.3. The Morgan fingerprint density at radius 1 is 1.21 bits per heavy atom. The lowest BCUT2D eigenvalue weighted by molar-refractivity contribution is -0.140. The summed E-state index contributed by atoms with van der Waals surface area (Å²) in [5, 5.41) is 5.60. The van der Waals surface area contributed by atoms with Crippen molar-refractivity contribution in [1.29, 1.82) is 0 Å². The molecule has 0 saturated carbocycles. The number of carbonyl (C=O) groups excluding carboxylic acids is 2. The van der Waals surface area contributed by atoms with E-state index in [-0.39, 0.29) is 18.0 Å². The zero-order valence-electron chi connectivity index (χ0n) is 14.8. The maximum absolute atomic E-state index is 12.0. The minimum atomic E-state index is -0.390. The number of amides is 3. The van der Waals surface area contributed by atoms with Crippen molar-refractivity contribution in [3.63, 3.8) is 0 Å². The second kappa shape index (κ2) is 8.15. The molecule has 0 radical (unpaired) electrons. The van der Waals surface area contributed by atoms with Gasteiger partial charge < -0.3 is 20.3 Å². The Bertz CT molecular complexity index is 569. The standard InChI is InChI=1S/C18H27N3O3/c1-12(2)13-5-7-14(8-6-13)20-18(23)19-11-15-9-10-16(24-15)17(22)21(3)4/h5-8,12,15-16H,9-11H2,1-4H3,(H2,19,20,23). The van der Waals surface area contributed by atoms with E-state index in [4.69, 9.17) is 4.74 Å². The van der Waals surface area contributed by atoms with Gasteiger partial charge in [0.15, 0.2) is 0 Å². The predicted molar refractivity (Wildman–Crippen MR) is 94.1 cm³/mol. The van der Waals surface area contributed by atoms with Crippen LogP contribution in [-0.2, 0) is 9.53 Å². The van der Waals surface area contributed by atoms with Crippen molar-refractivity contribution in [2.24, 2.45) is 0 Å². The van der Waals surface area contributed by atoms with E-state index in [1.807, 2.05) is 24.3 Å². The van der Waals surface area contributed by atoms with Gasteiger partial charge in [0, 0.05) is 26.3 Å². The largest absolute Gasteiger partial charge is 0.363 e. The molecule has 132 valence electrons. The molecule has 2 unspecified atom stereocenters. The molecule has 0 aliphatic carbocycles. The van der Waals surface area contributed by atoms with Crippen molar-refractivity contribution in [3.05, 3.63) is 29.8 Å². The zero-order chi connectivity index (χ0) is 17.7. The predicted octanol–water partition coefficient (Wildman–Crippen LogP) is 2.57. The number of urea groups is 1. The summed E-state index contributed by atoms with van der Waals surface area (Å²) in [6, 6.07) is 7.55. The van der Waals surface area contributed by atoms with Crippen molar-refractivity contribution in [2.45, 2.75) is 44.8 Å². The lowest BCUT2D eigenvalue weighted by atomic mass is 10.0. The van der Waals surface area contributed by atoms with Crippen LogP contribution in [0, 0.1) is 0 Å². The summed E-state index contributed by atoms with van der Waals surface area (Å²) < 4.78 is 5.69. The molecule has 0 bridgehead atoms. The van der Waals surface area contributed by atoms with Gasteiger partial charge in [0.05, 0.1) is 6.10 Å². The summed E-state index contributed by atoms with van der Waals surface area (Å²) in [7, 11) is 3.44. The van der Waals surface area contributed by atoms with Gasteiger partial charge in [-0.25, -0.2) is 4.79 Å². The fraction of sp³-hybridized carbons (Fsp3) is 0.556. The highest BCUT2D eigenvalue weighted by Gasteiger charge is 2.31. The van der Waals surface area contributed by atoms with Crippen molar-refractivity contribution in [3.8, 4) is 0 Å². The number of benzene rings is 1. The number of nitrogens with zero attached hydrogens (tertiary/aromatic N) is 1. The second-order valence-corrected chi connectivity index (χ2v) is 6.67. The van der Waals surface area contributed by atoms with Crippen LogP contribution in [0.2, 0.25) is 0 Å². The molecule has 1 fully saturated rings. The Morgan fingerprint density at radius 3 is 2.46 bits per heavy atom. The number of ether oxygens (including phenoxy) is 1. The molecule has 2 rings (SSSR count). The van der Waals surface area contributed by atoms with Crippen LogP contribution in [0.5, 0.6) is 0 Å². The smallest absolute Gasteiger partial charge is 0.319 e. The number of anilines is 1. The Kier molecular flexibility index (Phi) is 6.20. The van der Waals surface area contributed by atoms with E-state index in [0.29, 0.717) is 18.9 Å². The first-order valence-electron chi connectivity index (χ1n) is 8.38. The van der Waals surface area contributed by atoms with E-state index < -0.39 is 6.10 Å². The highest BCUT2D eigenvalue weighted by molar-refractivity contribution is 5.89. The lowest BCUT2D eigenvalue weighted by Gasteiger charge is -2.17. The Hall–Kier alpha value is -2.08. The first-order valence-corrected chi connectivity index (χ1v) is 8.38. The van der Waals surface area contributed by atoms with Gasteiger partial charge in [0.1, 0.15) is 6.10 Å². The van der Waals surface area contributed by atoms with Gasteiger partial charge in [-0.05, 0) is 36.5 Å². The molecule has 2 N–H and O–H groups in total. The zero-order valence-corrected chi connectivity index (χ0v) is 14.8. The van der Waals surface area contributed by atoms with Gasteiger partial charge in [0.25, 0.3) is 5.91 Å². The Morgan fingerprint density at radius 2 is 1.88 bits per heavy atom.